The highest BCUT2D eigenvalue weighted by molar-refractivity contribution is 5.85. The highest BCUT2D eigenvalue weighted by Crippen LogP contribution is 2.13. The molecule has 84 valence electrons. The van der Waals surface area contributed by atoms with Crippen LogP contribution in [0, 0.1) is 11.7 Å². The van der Waals surface area contributed by atoms with Crippen LogP contribution in [0.3, 0.4) is 0 Å². The molecule has 1 atom stereocenters. The van der Waals surface area contributed by atoms with E-state index in [1.807, 2.05) is 0 Å². The molecular formula is C10H15ClFN3. The molecule has 0 aromatic carbocycles. The second kappa shape index (κ2) is 5.98. The Hall–Kier alpha value is -0.740. The summed E-state index contributed by atoms with van der Waals surface area (Å²) < 4.78 is 12.5. The van der Waals surface area contributed by atoms with Gasteiger partial charge >= 0.3 is 0 Å². The third-order valence-electron chi connectivity index (χ3n) is 2.54. The van der Waals surface area contributed by atoms with E-state index in [-0.39, 0.29) is 18.2 Å². The highest BCUT2D eigenvalue weighted by Gasteiger charge is 2.14. The SMILES string of the molecule is Cl.Fc1cnc(CC2CCCNC2)nc1. The molecule has 1 saturated heterocycles. The zero-order chi connectivity index (χ0) is 9.80. The van der Waals surface area contributed by atoms with Crippen LogP contribution in [-0.4, -0.2) is 23.1 Å². The van der Waals surface area contributed by atoms with Crippen molar-refractivity contribution in [3.63, 3.8) is 0 Å². The second-order valence-corrected chi connectivity index (χ2v) is 3.73. The van der Waals surface area contributed by atoms with Gasteiger partial charge in [-0.3, -0.25) is 0 Å². The Labute approximate surface area is 94.9 Å². The summed E-state index contributed by atoms with van der Waals surface area (Å²) in [6, 6.07) is 0. The summed E-state index contributed by atoms with van der Waals surface area (Å²) in [5.74, 6) is 0.991. The molecule has 1 aromatic heterocycles. The quantitative estimate of drug-likeness (QED) is 0.840. The van der Waals surface area contributed by atoms with Crippen molar-refractivity contribution in [3.05, 3.63) is 24.0 Å². The zero-order valence-electron chi connectivity index (χ0n) is 8.45. The van der Waals surface area contributed by atoms with Gasteiger partial charge in [0.25, 0.3) is 0 Å². The number of hydrogen-bond donors (Lipinski definition) is 1. The van der Waals surface area contributed by atoms with Crippen LogP contribution in [0.15, 0.2) is 12.4 Å². The molecule has 1 N–H and O–H groups in total. The second-order valence-electron chi connectivity index (χ2n) is 3.73. The lowest BCUT2D eigenvalue weighted by molar-refractivity contribution is 0.370. The number of halogens is 2. The van der Waals surface area contributed by atoms with Crippen LogP contribution < -0.4 is 5.32 Å². The molecule has 1 aromatic rings. The maximum atomic E-state index is 12.5. The first kappa shape index (κ1) is 12.3. The molecule has 0 saturated carbocycles. The summed E-state index contributed by atoms with van der Waals surface area (Å²) in [7, 11) is 0. The Morgan fingerprint density at radius 3 is 2.73 bits per heavy atom. The van der Waals surface area contributed by atoms with E-state index in [0.29, 0.717) is 5.92 Å². The average molecular weight is 232 g/mol. The van der Waals surface area contributed by atoms with Crippen LogP contribution in [0.5, 0.6) is 0 Å². The molecule has 0 bridgehead atoms. The first-order chi connectivity index (χ1) is 6.84. The van der Waals surface area contributed by atoms with Crippen LogP contribution in [0.25, 0.3) is 0 Å². The van der Waals surface area contributed by atoms with Crippen LogP contribution in [0.1, 0.15) is 18.7 Å². The molecule has 1 aliphatic heterocycles. The van der Waals surface area contributed by atoms with Gasteiger partial charge in [-0.05, 0) is 31.8 Å². The number of piperidine rings is 1. The Morgan fingerprint density at radius 1 is 1.40 bits per heavy atom. The molecule has 0 radical (unpaired) electrons. The third-order valence-corrected chi connectivity index (χ3v) is 2.54. The van der Waals surface area contributed by atoms with Crippen molar-refractivity contribution in [1.82, 2.24) is 15.3 Å². The minimum Gasteiger partial charge on any atom is -0.316 e. The van der Waals surface area contributed by atoms with E-state index in [9.17, 15) is 4.39 Å². The monoisotopic (exact) mass is 231 g/mol. The van der Waals surface area contributed by atoms with Crippen molar-refractivity contribution >= 4 is 12.4 Å². The van der Waals surface area contributed by atoms with Gasteiger partial charge in [-0.2, -0.15) is 0 Å². The van der Waals surface area contributed by atoms with E-state index < -0.39 is 0 Å². The number of nitrogens with one attached hydrogen (secondary N) is 1. The van der Waals surface area contributed by atoms with Crippen molar-refractivity contribution in [1.29, 1.82) is 0 Å². The zero-order valence-corrected chi connectivity index (χ0v) is 9.26. The predicted octanol–water partition coefficient (Wildman–Crippen LogP) is 1.58. The number of hydrogen-bond acceptors (Lipinski definition) is 3. The van der Waals surface area contributed by atoms with E-state index in [1.165, 1.54) is 25.2 Å². The molecular weight excluding hydrogens is 217 g/mol. The molecule has 0 amide bonds. The fourth-order valence-electron chi connectivity index (χ4n) is 1.80. The van der Waals surface area contributed by atoms with Gasteiger partial charge in [-0.15, -0.1) is 12.4 Å². The number of aromatic nitrogens is 2. The third kappa shape index (κ3) is 3.72. The molecule has 1 unspecified atom stereocenters. The summed E-state index contributed by atoms with van der Waals surface area (Å²) in [6.45, 7) is 2.14. The van der Waals surface area contributed by atoms with Gasteiger partial charge in [-0.1, -0.05) is 0 Å². The minimum atomic E-state index is -0.365. The van der Waals surface area contributed by atoms with Gasteiger partial charge in [0, 0.05) is 6.42 Å². The Kier molecular flexibility index (Phi) is 4.91. The van der Waals surface area contributed by atoms with Gasteiger partial charge in [0.1, 0.15) is 5.82 Å². The maximum absolute atomic E-state index is 12.5. The van der Waals surface area contributed by atoms with Gasteiger partial charge in [0.15, 0.2) is 5.82 Å². The molecule has 2 rings (SSSR count). The van der Waals surface area contributed by atoms with Crippen molar-refractivity contribution in [2.75, 3.05) is 13.1 Å². The average Bonchev–Trinajstić information content (AvgIpc) is 2.23. The van der Waals surface area contributed by atoms with Gasteiger partial charge in [0.05, 0.1) is 12.4 Å². The van der Waals surface area contributed by atoms with Crippen molar-refractivity contribution in [2.24, 2.45) is 5.92 Å². The van der Waals surface area contributed by atoms with Crippen LogP contribution >= 0.6 is 12.4 Å². The Bertz CT molecular complexity index is 285. The highest BCUT2D eigenvalue weighted by atomic mass is 35.5. The maximum Gasteiger partial charge on any atom is 0.159 e. The van der Waals surface area contributed by atoms with Crippen molar-refractivity contribution in [3.8, 4) is 0 Å². The molecule has 1 aliphatic rings. The summed E-state index contributed by atoms with van der Waals surface area (Å²) in [5, 5.41) is 3.34. The van der Waals surface area contributed by atoms with Crippen molar-refractivity contribution in [2.45, 2.75) is 19.3 Å². The first-order valence-corrected chi connectivity index (χ1v) is 5.02. The fraction of sp³-hybridized carbons (Fsp3) is 0.600. The smallest absolute Gasteiger partial charge is 0.159 e. The first-order valence-electron chi connectivity index (χ1n) is 5.02. The Balaban J connectivity index is 0.00000112. The summed E-state index contributed by atoms with van der Waals surface area (Å²) >= 11 is 0. The van der Waals surface area contributed by atoms with Gasteiger partial charge in [0.2, 0.25) is 0 Å². The van der Waals surface area contributed by atoms with Gasteiger partial charge < -0.3 is 5.32 Å². The van der Waals surface area contributed by atoms with E-state index in [1.54, 1.807) is 0 Å². The lowest BCUT2D eigenvalue weighted by atomic mass is 9.96. The molecule has 15 heavy (non-hydrogen) atoms. The topological polar surface area (TPSA) is 37.8 Å². The summed E-state index contributed by atoms with van der Waals surface area (Å²) in [4.78, 5) is 7.92. The van der Waals surface area contributed by atoms with Crippen LogP contribution in [0.2, 0.25) is 0 Å². The van der Waals surface area contributed by atoms with Crippen LogP contribution in [-0.2, 0) is 6.42 Å². The van der Waals surface area contributed by atoms with E-state index in [4.69, 9.17) is 0 Å². The van der Waals surface area contributed by atoms with E-state index >= 15 is 0 Å². The lowest BCUT2D eigenvalue weighted by Gasteiger charge is -2.21. The van der Waals surface area contributed by atoms with Crippen molar-refractivity contribution < 1.29 is 4.39 Å². The normalized spacial score (nSPS) is 20.7. The largest absolute Gasteiger partial charge is 0.316 e. The number of rotatable bonds is 2. The molecule has 2 heterocycles. The molecule has 0 spiro atoms. The van der Waals surface area contributed by atoms with Gasteiger partial charge in [-0.25, -0.2) is 14.4 Å². The number of nitrogens with zero attached hydrogens (tertiary/aromatic N) is 2. The Morgan fingerprint density at radius 2 is 2.13 bits per heavy atom. The van der Waals surface area contributed by atoms with E-state index in [0.717, 1.165) is 25.3 Å². The molecule has 1 fully saturated rings. The lowest BCUT2D eigenvalue weighted by Crippen LogP contribution is -2.31. The molecule has 5 heteroatoms. The summed E-state index contributed by atoms with van der Waals surface area (Å²) in [5.41, 5.74) is 0. The predicted molar refractivity (Wildman–Crippen MR) is 58.5 cm³/mol. The summed E-state index contributed by atoms with van der Waals surface area (Å²) in [6.07, 6.45) is 5.75. The fourth-order valence-corrected chi connectivity index (χ4v) is 1.80. The molecule has 3 nitrogen and oxygen atoms in total. The minimum absolute atomic E-state index is 0. The van der Waals surface area contributed by atoms with Crippen LogP contribution in [0.4, 0.5) is 4.39 Å². The molecule has 0 aliphatic carbocycles. The van der Waals surface area contributed by atoms with E-state index in [2.05, 4.69) is 15.3 Å². The standard InChI is InChI=1S/C10H14FN3.ClH/c11-9-6-13-10(14-7-9)4-8-2-1-3-12-5-8;/h6-8,12H,1-5H2;1H.